The normalized spacial score (nSPS) is 10.0. The van der Waals surface area contributed by atoms with Gasteiger partial charge in [0.2, 0.25) is 0 Å². The van der Waals surface area contributed by atoms with E-state index in [1.54, 1.807) is 18.3 Å². The first-order valence-electron chi connectivity index (χ1n) is 4.56. The quantitative estimate of drug-likeness (QED) is 0.467. The fourth-order valence-corrected chi connectivity index (χ4v) is 1.91. The molecule has 0 aliphatic rings. The van der Waals surface area contributed by atoms with E-state index in [2.05, 4.69) is 9.72 Å². The lowest BCUT2D eigenvalue weighted by atomic mass is 10.3. The molecule has 0 aromatic carbocycles. The Labute approximate surface area is 92.7 Å². The second-order valence-electron chi connectivity index (χ2n) is 2.77. The van der Waals surface area contributed by atoms with Crippen LogP contribution in [0.1, 0.15) is 16.8 Å². The molecule has 1 rings (SSSR count). The predicted octanol–water partition coefficient (Wildman–Crippen LogP) is 1.34. The molecule has 4 nitrogen and oxygen atoms in total. The lowest BCUT2D eigenvalue weighted by Crippen LogP contribution is -2.04. The van der Waals surface area contributed by atoms with Crippen molar-refractivity contribution < 1.29 is 14.6 Å². The van der Waals surface area contributed by atoms with Crippen molar-refractivity contribution in [1.29, 1.82) is 0 Å². The molecule has 15 heavy (non-hydrogen) atoms. The van der Waals surface area contributed by atoms with E-state index >= 15 is 0 Å². The summed E-state index contributed by atoms with van der Waals surface area (Å²) in [7, 11) is 1.34. The number of rotatable bonds is 5. The molecule has 1 heterocycles. The molecule has 0 saturated heterocycles. The van der Waals surface area contributed by atoms with Crippen LogP contribution >= 0.6 is 11.8 Å². The van der Waals surface area contributed by atoms with Gasteiger partial charge in [-0.1, -0.05) is 0 Å². The van der Waals surface area contributed by atoms with Gasteiger partial charge in [-0.25, -0.2) is 9.78 Å². The highest BCUT2D eigenvalue weighted by Crippen LogP contribution is 2.20. The molecular weight excluding hydrogens is 214 g/mol. The highest BCUT2D eigenvalue weighted by Gasteiger charge is 2.12. The SMILES string of the molecule is COC(=O)c1cccnc1SCCCO. The van der Waals surface area contributed by atoms with Gasteiger partial charge in [0.15, 0.2) is 0 Å². The number of aliphatic hydroxyl groups excluding tert-OH is 1. The average molecular weight is 227 g/mol. The molecule has 0 aliphatic carbocycles. The van der Waals surface area contributed by atoms with E-state index in [4.69, 9.17) is 5.11 Å². The Bertz CT molecular complexity index is 330. The van der Waals surface area contributed by atoms with Crippen molar-refractivity contribution in [1.82, 2.24) is 4.98 Å². The van der Waals surface area contributed by atoms with Crippen molar-refractivity contribution >= 4 is 17.7 Å². The maximum absolute atomic E-state index is 11.3. The summed E-state index contributed by atoms with van der Waals surface area (Å²) in [5.74, 6) is 0.354. The van der Waals surface area contributed by atoms with Gasteiger partial charge in [-0.2, -0.15) is 0 Å². The largest absolute Gasteiger partial charge is 0.465 e. The zero-order valence-corrected chi connectivity index (χ0v) is 9.29. The molecule has 1 N–H and O–H groups in total. The second kappa shape index (κ2) is 6.42. The summed E-state index contributed by atoms with van der Waals surface area (Å²) in [6.07, 6.45) is 2.32. The number of carbonyl (C=O) groups is 1. The van der Waals surface area contributed by atoms with Crippen LogP contribution in [0.15, 0.2) is 23.4 Å². The number of aromatic nitrogens is 1. The van der Waals surface area contributed by atoms with Gasteiger partial charge in [0, 0.05) is 18.6 Å². The van der Waals surface area contributed by atoms with Crippen molar-refractivity contribution in [2.24, 2.45) is 0 Å². The van der Waals surface area contributed by atoms with Crippen LogP contribution in [0.3, 0.4) is 0 Å². The zero-order chi connectivity index (χ0) is 11.1. The van der Waals surface area contributed by atoms with E-state index in [1.807, 2.05) is 0 Å². The first kappa shape index (κ1) is 12.0. The number of thioether (sulfide) groups is 1. The number of ether oxygens (including phenoxy) is 1. The van der Waals surface area contributed by atoms with Crippen molar-refractivity contribution in [3.05, 3.63) is 23.9 Å². The molecule has 0 aliphatic heterocycles. The maximum Gasteiger partial charge on any atom is 0.340 e. The summed E-state index contributed by atoms with van der Waals surface area (Å²) < 4.78 is 4.64. The van der Waals surface area contributed by atoms with Gasteiger partial charge in [0.05, 0.1) is 12.7 Å². The van der Waals surface area contributed by atoms with Crippen LogP contribution in [0, 0.1) is 0 Å². The van der Waals surface area contributed by atoms with Crippen LogP contribution in [0.25, 0.3) is 0 Å². The Morgan fingerprint density at radius 1 is 1.67 bits per heavy atom. The molecule has 5 heteroatoms. The third-order valence-electron chi connectivity index (χ3n) is 1.72. The lowest BCUT2D eigenvalue weighted by molar-refractivity contribution is 0.0596. The van der Waals surface area contributed by atoms with Crippen molar-refractivity contribution in [3.8, 4) is 0 Å². The Kier molecular flexibility index (Phi) is 5.14. The number of nitrogens with zero attached hydrogens (tertiary/aromatic N) is 1. The molecule has 0 amide bonds. The predicted molar refractivity (Wildman–Crippen MR) is 58.0 cm³/mol. The summed E-state index contributed by atoms with van der Waals surface area (Å²) in [6.45, 7) is 0.146. The summed E-state index contributed by atoms with van der Waals surface area (Å²) >= 11 is 1.44. The monoisotopic (exact) mass is 227 g/mol. The fraction of sp³-hybridized carbons (Fsp3) is 0.400. The number of pyridine rings is 1. The van der Waals surface area contributed by atoms with Gasteiger partial charge in [-0.05, 0) is 18.6 Å². The number of methoxy groups -OCH3 is 1. The molecule has 1 aromatic heterocycles. The van der Waals surface area contributed by atoms with Crippen molar-refractivity contribution in [2.45, 2.75) is 11.4 Å². The molecule has 0 saturated carbocycles. The third-order valence-corrected chi connectivity index (χ3v) is 2.81. The molecule has 0 unspecified atom stereocenters. The van der Waals surface area contributed by atoms with E-state index in [0.717, 1.165) is 5.75 Å². The van der Waals surface area contributed by atoms with E-state index < -0.39 is 0 Å². The highest BCUT2D eigenvalue weighted by atomic mass is 32.2. The van der Waals surface area contributed by atoms with Crippen LogP contribution in [0.4, 0.5) is 0 Å². The summed E-state index contributed by atoms with van der Waals surface area (Å²) in [5, 5.41) is 9.29. The molecule has 0 atom stereocenters. The minimum Gasteiger partial charge on any atom is -0.465 e. The summed E-state index contributed by atoms with van der Waals surface area (Å²) in [4.78, 5) is 15.4. The number of aliphatic hydroxyl groups is 1. The summed E-state index contributed by atoms with van der Waals surface area (Å²) in [5.41, 5.74) is 0.475. The van der Waals surface area contributed by atoms with Crippen LogP contribution in [0.2, 0.25) is 0 Å². The fourth-order valence-electron chi connectivity index (χ4n) is 1.00. The van der Waals surface area contributed by atoms with Gasteiger partial charge in [-0.3, -0.25) is 0 Å². The number of hydrogen-bond donors (Lipinski definition) is 1. The molecule has 1 aromatic rings. The Morgan fingerprint density at radius 3 is 3.13 bits per heavy atom. The van der Waals surface area contributed by atoms with Gasteiger partial charge >= 0.3 is 5.97 Å². The smallest absolute Gasteiger partial charge is 0.340 e. The van der Waals surface area contributed by atoms with Crippen molar-refractivity contribution in [3.63, 3.8) is 0 Å². The van der Waals surface area contributed by atoms with Crippen LogP contribution in [-0.2, 0) is 4.74 Å². The molecule has 0 bridgehead atoms. The Balaban J connectivity index is 2.73. The first-order chi connectivity index (χ1) is 7.29. The van der Waals surface area contributed by atoms with E-state index in [9.17, 15) is 4.79 Å². The van der Waals surface area contributed by atoms with Gasteiger partial charge in [0.25, 0.3) is 0 Å². The van der Waals surface area contributed by atoms with Crippen LogP contribution in [-0.4, -0.2) is 35.5 Å². The summed E-state index contributed by atoms with van der Waals surface area (Å²) in [6, 6.07) is 3.38. The molecule has 0 fully saturated rings. The lowest BCUT2D eigenvalue weighted by Gasteiger charge is -2.05. The Hall–Kier alpha value is -1.07. The topological polar surface area (TPSA) is 59.4 Å². The molecule has 82 valence electrons. The average Bonchev–Trinajstić information content (AvgIpc) is 2.29. The van der Waals surface area contributed by atoms with Gasteiger partial charge < -0.3 is 9.84 Å². The number of esters is 1. The highest BCUT2D eigenvalue weighted by molar-refractivity contribution is 7.99. The minimum absolute atomic E-state index is 0.146. The Morgan fingerprint density at radius 2 is 2.47 bits per heavy atom. The standard InChI is InChI=1S/C10H13NO3S/c1-14-10(13)8-4-2-5-11-9(8)15-7-3-6-12/h2,4-5,12H,3,6-7H2,1H3. The molecular formula is C10H13NO3S. The second-order valence-corrected chi connectivity index (χ2v) is 3.86. The molecule has 0 spiro atoms. The molecule has 0 radical (unpaired) electrons. The van der Waals surface area contributed by atoms with E-state index in [0.29, 0.717) is 17.0 Å². The van der Waals surface area contributed by atoms with E-state index in [-0.39, 0.29) is 12.6 Å². The zero-order valence-electron chi connectivity index (χ0n) is 8.47. The van der Waals surface area contributed by atoms with Gasteiger partial charge in [-0.15, -0.1) is 11.8 Å². The third kappa shape index (κ3) is 3.53. The van der Waals surface area contributed by atoms with E-state index in [1.165, 1.54) is 18.9 Å². The van der Waals surface area contributed by atoms with Crippen LogP contribution in [0.5, 0.6) is 0 Å². The van der Waals surface area contributed by atoms with Crippen LogP contribution < -0.4 is 0 Å². The number of carbonyl (C=O) groups excluding carboxylic acids is 1. The first-order valence-corrected chi connectivity index (χ1v) is 5.55. The van der Waals surface area contributed by atoms with Gasteiger partial charge in [0.1, 0.15) is 5.03 Å². The number of hydrogen-bond acceptors (Lipinski definition) is 5. The maximum atomic E-state index is 11.3. The van der Waals surface area contributed by atoms with Crippen molar-refractivity contribution in [2.75, 3.05) is 19.5 Å². The minimum atomic E-state index is -0.380.